The minimum absolute atomic E-state index is 0.425. The van der Waals surface area contributed by atoms with E-state index in [1.807, 2.05) is 25.1 Å². The molecular formula is C16H15BrN2O. The average Bonchev–Trinajstić information content (AvgIpc) is 2.46. The number of halogens is 1. The number of aliphatic hydroxyl groups excluding tert-OH is 1. The van der Waals surface area contributed by atoms with Crippen molar-refractivity contribution < 1.29 is 5.11 Å². The molecule has 102 valence electrons. The third-order valence-electron chi connectivity index (χ3n) is 3.10. The lowest BCUT2D eigenvalue weighted by Crippen LogP contribution is -2.12. The van der Waals surface area contributed by atoms with Gasteiger partial charge in [0.25, 0.3) is 0 Å². The Hall–Kier alpha value is -1.83. The smallest absolute Gasteiger partial charge is 0.0991 e. The van der Waals surface area contributed by atoms with E-state index in [9.17, 15) is 5.11 Å². The second-order valence-electron chi connectivity index (χ2n) is 4.59. The maximum absolute atomic E-state index is 10.1. The zero-order valence-electron chi connectivity index (χ0n) is 11.1. The maximum atomic E-state index is 10.1. The molecule has 0 spiro atoms. The molecule has 2 aromatic rings. The molecule has 1 unspecified atom stereocenters. The zero-order valence-corrected chi connectivity index (χ0v) is 12.7. The average molecular weight is 331 g/mol. The first-order valence-electron chi connectivity index (χ1n) is 6.28. The van der Waals surface area contributed by atoms with Gasteiger partial charge in [0.2, 0.25) is 0 Å². The van der Waals surface area contributed by atoms with Crippen LogP contribution in [0.25, 0.3) is 0 Å². The number of aliphatic hydroxyl groups is 1. The number of nitrogens with zero attached hydrogens (tertiary/aromatic N) is 1. The number of nitriles is 1. The van der Waals surface area contributed by atoms with Crippen LogP contribution in [-0.4, -0.2) is 11.7 Å². The van der Waals surface area contributed by atoms with Crippen LogP contribution in [0.2, 0.25) is 0 Å². The molecule has 1 atom stereocenters. The second-order valence-corrected chi connectivity index (χ2v) is 5.51. The van der Waals surface area contributed by atoms with Crippen molar-refractivity contribution in [1.82, 2.24) is 0 Å². The highest BCUT2D eigenvalue weighted by Gasteiger charge is 2.08. The standard InChI is InChI=1S/C16H15BrN2O/c1-11-8-14(17)6-7-15(11)19-10-16(20)13-4-2-12(9-18)3-5-13/h2-8,16,19-20H,10H2,1H3. The summed E-state index contributed by atoms with van der Waals surface area (Å²) in [7, 11) is 0. The van der Waals surface area contributed by atoms with Crippen molar-refractivity contribution >= 4 is 21.6 Å². The Kier molecular flexibility index (Phi) is 4.78. The fourth-order valence-electron chi connectivity index (χ4n) is 1.93. The lowest BCUT2D eigenvalue weighted by molar-refractivity contribution is 0.191. The molecule has 0 fully saturated rings. The van der Waals surface area contributed by atoms with Crippen LogP contribution in [-0.2, 0) is 0 Å². The normalized spacial score (nSPS) is 11.7. The van der Waals surface area contributed by atoms with Gasteiger partial charge in [-0.2, -0.15) is 5.26 Å². The molecule has 0 saturated heterocycles. The Balaban J connectivity index is 2.00. The van der Waals surface area contributed by atoms with Gasteiger partial charge in [-0.05, 0) is 48.4 Å². The van der Waals surface area contributed by atoms with E-state index in [2.05, 4.69) is 27.3 Å². The van der Waals surface area contributed by atoms with Crippen LogP contribution in [0.5, 0.6) is 0 Å². The van der Waals surface area contributed by atoms with Crippen LogP contribution < -0.4 is 5.32 Å². The molecule has 0 aliphatic carbocycles. The number of hydrogen-bond acceptors (Lipinski definition) is 3. The monoisotopic (exact) mass is 330 g/mol. The van der Waals surface area contributed by atoms with Gasteiger partial charge in [-0.3, -0.25) is 0 Å². The molecule has 20 heavy (non-hydrogen) atoms. The number of hydrogen-bond donors (Lipinski definition) is 2. The molecule has 2 rings (SSSR count). The zero-order chi connectivity index (χ0) is 14.5. The van der Waals surface area contributed by atoms with Crippen molar-refractivity contribution in [3.05, 3.63) is 63.6 Å². The lowest BCUT2D eigenvalue weighted by Gasteiger charge is -2.15. The fraction of sp³-hybridized carbons (Fsp3) is 0.188. The van der Waals surface area contributed by atoms with Crippen molar-refractivity contribution in [3.63, 3.8) is 0 Å². The Morgan fingerprint density at radius 2 is 1.95 bits per heavy atom. The molecule has 0 aliphatic heterocycles. The van der Waals surface area contributed by atoms with Crippen LogP contribution in [0, 0.1) is 18.3 Å². The summed E-state index contributed by atoms with van der Waals surface area (Å²) in [5, 5.41) is 22.1. The summed E-state index contributed by atoms with van der Waals surface area (Å²) in [6.07, 6.45) is -0.606. The fourth-order valence-corrected chi connectivity index (χ4v) is 2.41. The summed E-state index contributed by atoms with van der Waals surface area (Å²) in [6, 6.07) is 15.0. The second kappa shape index (κ2) is 6.56. The number of aryl methyl sites for hydroxylation is 1. The predicted octanol–water partition coefficient (Wildman–Crippen LogP) is 3.77. The lowest BCUT2D eigenvalue weighted by atomic mass is 10.1. The number of anilines is 1. The van der Waals surface area contributed by atoms with E-state index in [0.29, 0.717) is 12.1 Å². The summed E-state index contributed by atoms with van der Waals surface area (Å²) < 4.78 is 1.04. The highest BCUT2D eigenvalue weighted by Crippen LogP contribution is 2.21. The minimum Gasteiger partial charge on any atom is -0.387 e. The summed E-state index contributed by atoms with van der Waals surface area (Å²) in [5.74, 6) is 0. The topological polar surface area (TPSA) is 56.0 Å². The van der Waals surface area contributed by atoms with Gasteiger partial charge < -0.3 is 10.4 Å². The molecule has 0 radical (unpaired) electrons. The van der Waals surface area contributed by atoms with Crippen molar-refractivity contribution in [2.75, 3.05) is 11.9 Å². The highest BCUT2D eigenvalue weighted by atomic mass is 79.9. The van der Waals surface area contributed by atoms with Gasteiger partial charge in [-0.25, -0.2) is 0 Å². The van der Waals surface area contributed by atoms with Crippen molar-refractivity contribution in [2.24, 2.45) is 0 Å². The van der Waals surface area contributed by atoms with Gasteiger partial charge in [0.1, 0.15) is 0 Å². The van der Waals surface area contributed by atoms with E-state index in [-0.39, 0.29) is 0 Å². The Morgan fingerprint density at radius 3 is 2.55 bits per heavy atom. The van der Waals surface area contributed by atoms with Gasteiger partial charge in [-0.15, -0.1) is 0 Å². The van der Waals surface area contributed by atoms with Gasteiger partial charge in [0.05, 0.1) is 17.7 Å². The third-order valence-corrected chi connectivity index (χ3v) is 3.59. The van der Waals surface area contributed by atoms with E-state index in [0.717, 1.165) is 21.3 Å². The van der Waals surface area contributed by atoms with E-state index >= 15 is 0 Å². The molecular weight excluding hydrogens is 316 g/mol. The van der Waals surface area contributed by atoms with E-state index in [4.69, 9.17) is 5.26 Å². The Bertz CT molecular complexity index is 632. The van der Waals surface area contributed by atoms with Crippen LogP contribution in [0.4, 0.5) is 5.69 Å². The van der Waals surface area contributed by atoms with Crippen molar-refractivity contribution in [2.45, 2.75) is 13.0 Å². The van der Waals surface area contributed by atoms with E-state index < -0.39 is 6.10 Å². The van der Waals surface area contributed by atoms with Crippen LogP contribution in [0.1, 0.15) is 22.8 Å². The van der Waals surface area contributed by atoms with Gasteiger partial charge in [-0.1, -0.05) is 28.1 Å². The van der Waals surface area contributed by atoms with Gasteiger partial charge in [0.15, 0.2) is 0 Å². The first-order chi connectivity index (χ1) is 9.60. The van der Waals surface area contributed by atoms with Gasteiger partial charge >= 0.3 is 0 Å². The largest absolute Gasteiger partial charge is 0.387 e. The third kappa shape index (κ3) is 3.60. The minimum atomic E-state index is -0.606. The predicted molar refractivity (Wildman–Crippen MR) is 83.5 cm³/mol. The van der Waals surface area contributed by atoms with Gasteiger partial charge in [0, 0.05) is 16.7 Å². The summed E-state index contributed by atoms with van der Waals surface area (Å²) in [5.41, 5.74) is 3.51. The molecule has 0 amide bonds. The van der Waals surface area contributed by atoms with Crippen LogP contribution in [0.3, 0.4) is 0 Å². The molecule has 3 nitrogen and oxygen atoms in total. The molecule has 0 heterocycles. The summed E-state index contributed by atoms with van der Waals surface area (Å²) >= 11 is 3.42. The highest BCUT2D eigenvalue weighted by molar-refractivity contribution is 9.10. The van der Waals surface area contributed by atoms with E-state index in [1.54, 1.807) is 24.3 Å². The number of rotatable bonds is 4. The first-order valence-corrected chi connectivity index (χ1v) is 7.07. The Morgan fingerprint density at radius 1 is 1.25 bits per heavy atom. The van der Waals surface area contributed by atoms with E-state index in [1.165, 1.54) is 0 Å². The quantitative estimate of drug-likeness (QED) is 0.897. The molecule has 0 aromatic heterocycles. The van der Waals surface area contributed by atoms with Crippen LogP contribution in [0.15, 0.2) is 46.9 Å². The van der Waals surface area contributed by atoms with Crippen molar-refractivity contribution in [3.8, 4) is 6.07 Å². The maximum Gasteiger partial charge on any atom is 0.0991 e. The summed E-state index contributed by atoms with van der Waals surface area (Å²) in [6.45, 7) is 2.44. The molecule has 0 bridgehead atoms. The molecule has 0 saturated carbocycles. The molecule has 4 heteroatoms. The molecule has 2 aromatic carbocycles. The number of benzene rings is 2. The SMILES string of the molecule is Cc1cc(Br)ccc1NCC(O)c1ccc(C#N)cc1. The first kappa shape index (κ1) is 14.6. The summed E-state index contributed by atoms with van der Waals surface area (Å²) in [4.78, 5) is 0. The number of nitrogens with one attached hydrogen (secondary N) is 1. The molecule has 2 N–H and O–H groups in total. The van der Waals surface area contributed by atoms with Crippen LogP contribution >= 0.6 is 15.9 Å². The molecule has 0 aliphatic rings. The van der Waals surface area contributed by atoms with Crippen molar-refractivity contribution in [1.29, 1.82) is 5.26 Å². The Labute approximate surface area is 127 Å².